The van der Waals surface area contributed by atoms with Crippen molar-refractivity contribution in [3.8, 4) is 6.07 Å². The Balaban J connectivity index is 2.29. The van der Waals surface area contributed by atoms with Crippen LogP contribution in [-0.4, -0.2) is 50.0 Å². The summed E-state index contributed by atoms with van der Waals surface area (Å²) >= 11 is 0. The van der Waals surface area contributed by atoms with Crippen LogP contribution < -0.4 is 5.73 Å². The molecule has 0 radical (unpaired) electrons. The minimum atomic E-state index is -1.26. The Hall–Kier alpha value is -1.66. The Labute approximate surface area is 96.5 Å². The number of hydrogen-bond acceptors (Lipinski definition) is 7. The van der Waals surface area contributed by atoms with Crippen LogP contribution in [0.4, 0.5) is 5.82 Å². The largest absolute Gasteiger partial charge is 0.394 e. The predicted molar refractivity (Wildman–Crippen MR) is 54.4 cm³/mol. The monoisotopic (exact) mass is 240 g/mol. The second-order valence-corrected chi connectivity index (χ2v) is 3.73. The molecule has 1 aliphatic rings. The van der Waals surface area contributed by atoms with Gasteiger partial charge < -0.3 is 25.8 Å². The molecule has 5 N–H and O–H groups in total. The van der Waals surface area contributed by atoms with Crippen LogP contribution in [0.15, 0.2) is 6.20 Å². The van der Waals surface area contributed by atoms with E-state index in [0.717, 1.165) is 4.68 Å². The van der Waals surface area contributed by atoms with Gasteiger partial charge in [-0.25, -0.2) is 4.68 Å². The van der Waals surface area contributed by atoms with Gasteiger partial charge in [0, 0.05) is 0 Å². The fourth-order valence-corrected chi connectivity index (χ4v) is 1.74. The number of rotatable bonds is 2. The Morgan fingerprint density at radius 3 is 2.71 bits per heavy atom. The van der Waals surface area contributed by atoms with E-state index in [9.17, 15) is 10.2 Å². The lowest BCUT2D eigenvalue weighted by atomic mass is 10.1. The Kier molecular flexibility index (Phi) is 2.99. The van der Waals surface area contributed by atoms with Gasteiger partial charge in [0.15, 0.2) is 6.23 Å². The molecule has 0 saturated carbocycles. The van der Waals surface area contributed by atoms with Crippen molar-refractivity contribution in [3.63, 3.8) is 0 Å². The second-order valence-electron chi connectivity index (χ2n) is 3.73. The average Bonchev–Trinajstić information content (AvgIpc) is 2.82. The Morgan fingerprint density at radius 1 is 1.53 bits per heavy atom. The molecule has 0 aliphatic carbocycles. The summed E-state index contributed by atoms with van der Waals surface area (Å²) in [7, 11) is 0. The van der Waals surface area contributed by atoms with Gasteiger partial charge in [-0.3, -0.25) is 0 Å². The minimum absolute atomic E-state index is 0.0438. The molecule has 4 atom stereocenters. The van der Waals surface area contributed by atoms with E-state index in [1.165, 1.54) is 6.20 Å². The van der Waals surface area contributed by atoms with Gasteiger partial charge in [0.05, 0.1) is 12.8 Å². The van der Waals surface area contributed by atoms with E-state index in [1.807, 2.05) is 6.07 Å². The highest BCUT2D eigenvalue weighted by Crippen LogP contribution is 2.31. The summed E-state index contributed by atoms with van der Waals surface area (Å²) in [5.74, 6) is 0.0438. The SMILES string of the molecule is N#Cc1cnn([C@@H]2O[C@H](CO)[C@@H](O)[C@H]2O)c1N. The zero-order valence-electron chi connectivity index (χ0n) is 8.76. The van der Waals surface area contributed by atoms with Crippen molar-refractivity contribution in [3.05, 3.63) is 11.8 Å². The van der Waals surface area contributed by atoms with Gasteiger partial charge in [-0.15, -0.1) is 0 Å². The summed E-state index contributed by atoms with van der Waals surface area (Å²) in [5.41, 5.74) is 5.79. The number of aliphatic hydroxyl groups is 3. The molecular weight excluding hydrogens is 228 g/mol. The van der Waals surface area contributed by atoms with E-state index in [2.05, 4.69) is 5.10 Å². The number of nitrogens with two attached hydrogens (primary N) is 1. The smallest absolute Gasteiger partial charge is 0.181 e. The molecule has 0 bridgehead atoms. The quantitative estimate of drug-likeness (QED) is 0.466. The van der Waals surface area contributed by atoms with Gasteiger partial charge in [-0.1, -0.05) is 0 Å². The average molecular weight is 240 g/mol. The number of nitriles is 1. The van der Waals surface area contributed by atoms with Crippen molar-refractivity contribution >= 4 is 5.82 Å². The molecule has 17 heavy (non-hydrogen) atoms. The molecule has 0 unspecified atom stereocenters. The van der Waals surface area contributed by atoms with E-state index in [-0.39, 0.29) is 11.4 Å². The number of nitrogens with zero attached hydrogens (tertiary/aromatic N) is 3. The molecule has 0 spiro atoms. The molecule has 1 aromatic heterocycles. The molecule has 1 aliphatic heterocycles. The first kappa shape index (κ1) is 11.8. The molecule has 1 saturated heterocycles. The molecule has 8 heteroatoms. The molecule has 8 nitrogen and oxygen atoms in total. The van der Waals surface area contributed by atoms with Crippen LogP contribution >= 0.6 is 0 Å². The maximum Gasteiger partial charge on any atom is 0.181 e. The first-order valence-electron chi connectivity index (χ1n) is 4.95. The van der Waals surface area contributed by atoms with Crippen molar-refractivity contribution in [2.24, 2.45) is 0 Å². The van der Waals surface area contributed by atoms with Crippen LogP contribution in [0.5, 0.6) is 0 Å². The molecular formula is C9H12N4O4. The topological polar surface area (TPSA) is 138 Å². The minimum Gasteiger partial charge on any atom is -0.394 e. The maximum absolute atomic E-state index is 9.73. The summed E-state index contributed by atoms with van der Waals surface area (Å²) in [4.78, 5) is 0. The molecule has 2 rings (SSSR count). The van der Waals surface area contributed by atoms with E-state index < -0.39 is 31.1 Å². The van der Waals surface area contributed by atoms with Gasteiger partial charge in [-0.2, -0.15) is 10.4 Å². The Morgan fingerprint density at radius 2 is 2.24 bits per heavy atom. The number of aromatic nitrogens is 2. The van der Waals surface area contributed by atoms with Gasteiger partial charge >= 0.3 is 0 Å². The van der Waals surface area contributed by atoms with Crippen LogP contribution in [0.25, 0.3) is 0 Å². The Bertz CT molecular complexity index is 454. The highest BCUT2D eigenvalue weighted by Gasteiger charge is 2.44. The van der Waals surface area contributed by atoms with Crippen molar-refractivity contribution in [2.75, 3.05) is 12.3 Å². The standard InChI is InChI=1S/C9H12N4O4/c10-1-4-2-12-13(8(4)11)9-7(16)6(15)5(3-14)17-9/h2,5-7,9,14-16H,3,11H2/t5-,6-,7-,9-/m1/s1. The maximum atomic E-state index is 9.73. The van der Waals surface area contributed by atoms with E-state index in [1.54, 1.807) is 0 Å². The van der Waals surface area contributed by atoms with Crippen molar-refractivity contribution < 1.29 is 20.1 Å². The van der Waals surface area contributed by atoms with Crippen LogP contribution in [-0.2, 0) is 4.74 Å². The van der Waals surface area contributed by atoms with Gasteiger partial charge in [0.2, 0.25) is 0 Å². The number of nitrogen functional groups attached to an aromatic ring is 1. The number of ether oxygens (including phenoxy) is 1. The zero-order valence-corrected chi connectivity index (χ0v) is 8.76. The normalized spacial score (nSPS) is 32.6. The summed E-state index contributed by atoms with van der Waals surface area (Å²) in [6, 6.07) is 1.83. The van der Waals surface area contributed by atoms with Gasteiger partial charge in [0.25, 0.3) is 0 Å². The summed E-state index contributed by atoms with van der Waals surface area (Å²) < 4.78 is 6.33. The van der Waals surface area contributed by atoms with Crippen molar-refractivity contribution in [1.82, 2.24) is 9.78 Å². The third-order valence-corrected chi connectivity index (χ3v) is 2.71. The molecule has 0 amide bonds. The third kappa shape index (κ3) is 1.75. The summed E-state index contributed by atoms with van der Waals surface area (Å²) in [5, 5.41) is 40.8. The molecule has 2 heterocycles. The highest BCUT2D eigenvalue weighted by atomic mass is 16.6. The lowest BCUT2D eigenvalue weighted by molar-refractivity contribution is -0.0574. The number of aliphatic hydroxyl groups excluding tert-OH is 3. The fraction of sp³-hybridized carbons (Fsp3) is 0.556. The lowest BCUT2D eigenvalue weighted by Gasteiger charge is -2.16. The van der Waals surface area contributed by atoms with E-state index in [0.29, 0.717) is 0 Å². The highest BCUT2D eigenvalue weighted by molar-refractivity contribution is 5.47. The third-order valence-electron chi connectivity index (χ3n) is 2.71. The summed E-state index contributed by atoms with van der Waals surface area (Å²) in [6.45, 7) is -0.430. The number of hydrogen-bond donors (Lipinski definition) is 4. The lowest BCUT2D eigenvalue weighted by Crippen LogP contribution is -2.33. The van der Waals surface area contributed by atoms with Crippen LogP contribution in [0.2, 0.25) is 0 Å². The number of anilines is 1. The second kappa shape index (κ2) is 4.31. The molecule has 1 fully saturated rings. The first-order valence-corrected chi connectivity index (χ1v) is 4.95. The van der Waals surface area contributed by atoms with Crippen LogP contribution in [0.1, 0.15) is 11.8 Å². The first-order chi connectivity index (χ1) is 8.10. The molecule has 1 aromatic rings. The van der Waals surface area contributed by atoms with Gasteiger partial charge in [0.1, 0.15) is 35.8 Å². The van der Waals surface area contributed by atoms with E-state index >= 15 is 0 Å². The summed E-state index contributed by atoms with van der Waals surface area (Å²) in [6.07, 6.45) is -3.15. The van der Waals surface area contributed by atoms with Crippen LogP contribution in [0.3, 0.4) is 0 Å². The van der Waals surface area contributed by atoms with Crippen molar-refractivity contribution in [2.45, 2.75) is 24.5 Å². The predicted octanol–water partition coefficient (Wildman–Crippen LogP) is -2.05. The fourth-order valence-electron chi connectivity index (χ4n) is 1.74. The van der Waals surface area contributed by atoms with Crippen LogP contribution in [0, 0.1) is 11.3 Å². The zero-order chi connectivity index (χ0) is 12.6. The van der Waals surface area contributed by atoms with E-state index in [4.69, 9.17) is 20.8 Å². The van der Waals surface area contributed by atoms with Crippen molar-refractivity contribution in [1.29, 1.82) is 5.26 Å². The molecule has 92 valence electrons. The van der Waals surface area contributed by atoms with Gasteiger partial charge in [-0.05, 0) is 0 Å². The molecule has 0 aromatic carbocycles.